The highest BCUT2D eigenvalue weighted by Crippen LogP contribution is 2.27. The molecule has 11 heteroatoms. The predicted octanol–water partition coefficient (Wildman–Crippen LogP) is 9.56. The van der Waals surface area contributed by atoms with Crippen LogP contribution in [0.15, 0.2) is 0 Å². The van der Waals surface area contributed by atoms with Crippen molar-refractivity contribution in [1.82, 2.24) is 10.6 Å². The summed E-state index contributed by atoms with van der Waals surface area (Å²) < 4.78 is 11.8. The number of hydrogen-bond acceptors (Lipinski definition) is 9. The lowest BCUT2D eigenvalue weighted by atomic mass is 9.83. The third-order valence-corrected chi connectivity index (χ3v) is 12.7. The Kier molecular flexibility index (Phi) is 35.9. The van der Waals surface area contributed by atoms with Crippen molar-refractivity contribution in [2.45, 2.75) is 283 Å². The minimum absolute atomic E-state index is 0.187. The fourth-order valence-electron chi connectivity index (χ4n) is 8.95. The van der Waals surface area contributed by atoms with E-state index in [9.17, 15) is 35.1 Å². The van der Waals surface area contributed by atoms with E-state index in [2.05, 4.69) is 38.3 Å². The number of aliphatic hydroxyl groups excluding tert-OH is 5. The second kappa shape index (κ2) is 38.0. The van der Waals surface area contributed by atoms with Gasteiger partial charge >= 0.3 is 0 Å². The molecule has 1 heterocycles. The molecule has 1 saturated heterocycles. The standard InChI is InChI=1S/C50H98N2O9/c1-6-8-10-12-14-16-17-18-19-20-21-22-23-24-25-26-27-29-31-33-35-44(55)52-42(38-60-50-45(51-40(5)54)49(59)48(58)43(37-53)61-50)47(57)46(56)41(36-39(3)4)34-32-30-28-15-13-11-9-7-2/h39,41-43,45-50,53,56-59H,6-38H2,1-5H3,(H,51,54)(H,52,55)/t41?,42-,43?,45?,46+,47-,48+,49?,50+/m0/s1. The van der Waals surface area contributed by atoms with Gasteiger partial charge < -0.3 is 45.6 Å². The van der Waals surface area contributed by atoms with E-state index in [4.69, 9.17) is 9.47 Å². The van der Waals surface area contributed by atoms with Gasteiger partial charge in [-0.2, -0.15) is 0 Å². The van der Waals surface area contributed by atoms with Gasteiger partial charge in [0.1, 0.15) is 30.5 Å². The molecule has 1 fully saturated rings. The molecule has 61 heavy (non-hydrogen) atoms. The van der Waals surface area contributed by atoms with Crippen molar-refractivity contribution < 1.29 is 44.6 Å². The number of rotatable bonds is 41. The highest BCUT2D eigenvalue weighted by atomic mass is 16.7. The second-order valence-electron chi connectivity index (χ2n) is 19.0. The normalized spacial score (nSPS) is 21.3. The van der Waals surface area contributed by atoms with Crippen LogP contribution in [0.3, 0.4) is 0 Å². The molecule has 7 N–H and O–H groups in total. The van der Waals surface area contributed by atoms with Crippen molar-refractivity contribution in [1.29, 1.82) is 0 Å². The maximum Gasteiger partial charge on any atom is 0.220 e. The molecule has 11 nitrogen and oxygen atoms in total. The average molecular weight is 871 g/mol. The molecule has 0 aromatic carbocycles. The van der Waals surface area contributed by atoms with Gasteiger partial charge in [0.2, 0.25) is 11.8 Å². The first-order valence-corrected chi connectivity index (χ1v) is 25.6. The van der Waals surface area contributed by atoms with Gasteiger partial charge in [-0.1, -0.05) is 201 Å². The monoisotopic (exact) mass is 871 g/mol. The summed E-state index contributed by atoms with van der Waals surface area (Å²) in [5.74, 6) is -0.629. The van der Waals surface area contributed by atoms with E-state index >= 15 is 0 Å². The summed E-state index contributed by atoms with van der Waals surface area (Å²) >= 11 is 0. The largest absolute Gasteiger partial charge is 0.394 e. The van der Waals surface area contributed by atoms with E-state index in [1.54, 1.807) is 0 Å². The molecule has 0 saturated carbocycles. The van der Waals surface area contributed by atoms with Crippen molar-refractivity contribution >= 4 is 11.8 Å². The van der Waals surface area contributed by atoms with Crippen LogP contribution in [0.4, 0.5) is 0 Å². The zero-order valence-corrected chi connectivity index (χ0v) is 40.0. The lowest BCUT2D eigenvalue weighted by Crippen LogP contribution is -2.65. The fraction of sp³-hybridized carbons (Fsp3) is 0.960. The molecule has 0 bridgehead atoms. The first-order valence-electron chi connectivity index (χ1n) is 25.6. The molecule has 1 aliphatic rings. The lowest BCUT2D eigenvalue weighted by molar-refractivity contribution is -0.273. The van der Waals surface area contributed by atoms with Gasteiger partial charge in [-0.3, -0.25) is 9.59 Å². The van der Waals surface area contributed by atoms with Crippen LogP contribution in [0.5, 0.6) is 0 Å². The Bertz CT molecular complexity index is 1040. The highest BCUT2D eigenvalue weighted by Gasteiger charge is 2.46. The van der Waals surface area contributed by atoms with Gasteiger partial charge in [-0.15, -0.1) is 0 Å². The van der Waals surface area contributed by atoms with Crippen LogP contribution in [-0.2, 0) is 19.1 Å². The number of carbonyl (C=O) groups is 2. The Morgan fingerprint density at radius 1 is 0.623 bits per heavy atom. The average Bonchev–Trinajstić information content (AvgIpc) is 3.23. The third kappa shape index (κ3) is 28.2. The van der Waals surface area contributed by atoms with Gasteiger partial charge in [-0.05, 0) is 31.1 Å². The van der Waals surface area contributed by atoms with Gasteiger partial charge in [0.25, 0.3) is 0 Å². The number of amides is 2. The maximum absolute atomic E-state index is 13.4. The molecular formula is C50H98N2O9. The molecule has 9 atom stereocenters. The number of unbranched alkanes of at least 4 members (excludes halogenated alkanes) is 26. The van der Waals surface area contributed by atoms with E-state index in [0.29, 0.717) is 18.8 Å². The van der Waals surface area contributed by atoms with Gasteiger partial charge in [0.15, 0.2) is 6.29 Å². The molecular weight excluding hydrogens is 773 g/mol. The van der Waals surface area contributed by atoms with Crippen LogP contribution in [-0.4, -0.2) is 99.5 Å². The summed E-state index contributed by atoms with van der Waals surface area (Å²) in [4.78, 5) is 25.4. The Labute approximate surface area is 373 Å². The fourth-order valence-corrected chi connectivity index (χ4v) is 8.95. The third-order valence-electron chi connectivity index (χ3n) is 12.7. The highest BCUT2D eigenvalue weighted by molar-refractivity contribution is 5.76. The Morgan fingerprint density at radius 2 is 1.05 bits per heavy atom. The predicted molar refractivity (Wildman–Crippen MR) is 248 cm³/mol. The first-order chi connectivity index (χ1) is 29.5. The first kappa shape index (κ1) is 57.7. The van der Waals surface area contributed by atoms with Crippen molar-refractivity contribution in [2.75, 3.05) is 13.2 Å². The second-order valence-corrected chi connectivity index (χ2v) is 19.0. The van der Waals surface area contributed by atoms with Crippen LogP contribution >= 0.6 is 0 Å². The SMILES string of the molecule is CCCCCCCCCCCCCCCCCCCCCCC(=O)N[C@@H](CO[C@@H]1OC(CO)[C@@H](O)C(O)C1NC(C)=O)[C@H](O)[C@H](O)C(CCCCCCCCCC)CC(C)C. The smallest absolute Gasteiger partial charge is 0.220 e. The van der Waals surface area contributed by atoms with Gasteiger partial charge in [0.05, 0.1) is 25.4 Å². The number of hydrogen-bond donors (Lipinski definition) is 7. The van der Waals surface area contributed by atoms with Crippen molar-refractivity contribution in [2.24, 2.45) is 11.8 Å². The number of nitrogens with one attached hydrogen (secondary N) is 2. The summed E-state index contributed by atoms with van der Waals surface area (Å²) in [6, 6.07) is -2.18. The summed E-state index contributed by atoms with van der Waals surface area (Å²) in [7, 11) is 0. The van der Waals surface area contributed by atoms with E-state index in [1.165, 1.54) is 142 Å². The van der Waals surface area contributed by atoms with Gasteiger partial charge in [0, 0.05) is 13.3 Å². The molecule has 4 unspecified atom stereocenters. The number of ether oxygens (including phenoxy) is 2. The molecule has 0 spiro atoms. The minimum Gasteiger partial charge on any atom is -0.394 e. The minimum atomic E-state index is -1.50. The van der Waals surface area contributed by atoms with Crippen LogP contribution in [0.25, 0.3) is 0 Å². The van der Waals surface area contributed by atoms with Crippen LogP contribution in [0.2, 0.25) is 0 Å². The van der Waals surface area contributed by atoms with Crippen LogP contribution in [0, 0.1) is 11.8 Å². The Hall–Kier alpha value is -1.34. The van der Waals surface area contributed by atoms with E-state index in [1.807, 2.05) is 0 Å². The zero-order chi connectivity index (χ0) is 45.1. The zero-order valence-electron chi connectivity index (χ0n) is 40.0. The van der Waals surface area contributed by atoms with Gasteiger partial charge in [-0.25, -0.2) is 0 Å². The van der Waals surface area contributed by atoms with Crippen molar-refractivity contribution in [3.05, 3.63) is 0 Å². The quantitative estimate of drug-likeness (QED) is 0.0295. The molecule has 1 aliphatic heterocycles. The summed E-state index contributed by atoms with van der Waals surface area (Å²) in [6.45, 7) is 9.06. The molecule has 0 aromatic rings. The topological polar surface area (TPSA) is 178 Å². The van der Waals surface area contributed by atoms with E-state index < -0.39 is 61.4 Å². The Balaban J connectivity index is 2.64. The van der Waals surface area contributed by atoms with Crippen LogP contribution in [0.1, 0.15) is 234 Å². The number of aliphatic hydroxyl groups is 5. The van der Waals surface area contributed by atoms with E-state index in [-0.39, 0.29) is 24.9 Å². The van der Waals surface area contributed by atoms with Crippen molar-refractivity contribution in [3.63, 3.8) is 0 Å². The molecule has 2 amide bonds. The van der Waals surface area contributed by atoms with E-state index in [0.717, 1.165) is 44.9 Å². The lowest BCUT2D eigenvalue weighted by Gasteiger charge is -2.42. The molecule has 1 rings (SSSR count). The maximum atomic E-state index is 13.4. The molecule has 0 radical (unpaired) electrons. The summed E-state index contributed by atoms with van der Waals surface area (Å²) in [5.41, 5.74) is 0. The molecule has 362 valence electrons. The van der Waals surface area contributed by atoms with Crippen LogP contribution < -0.4 is 10.6 Å². The Morgan fingerprint density at radius 3 is 1.46 bits per heavy atom. The molecule has 0 aliphatic carbocycles. The van der Waals surface area contributed by atoms with Crippen molar-refractivity contribution in [3.8, 4) is 0 Å². The number of carbonyl (C=O) groups excluding carboxylic acids is 2. The molecule has 0 aromatic heterocycles. The summed E-state index contributed by atoms with van der Waals surface area (Å²) in [5, 5.41) is 59.9. The summed E-state index contributed by atoms with van der Waals surface area (Å²) in [6.07, 6.45) is 28.8.